The number of carbonyl (C=O) groups excluding carboxylic acids is 2. The van der Waals surface area contributed by atoms with Gasteiger partial charge >= 0.3 is 0 Å². The molecule has 2 amide bonds. The number of hydrogen-bond donors (Lipinski definition) is 2. The van der Waals surface area contributed by atoms with Gasteiger partial charge in [-0.2, -0.15) is 0 Å². The molecule has 0 aliphatic rings. The van der Waals surface area contributed by atoms with E-state index >= 15 is 0 Å². The normalized spacial score (nSPS) is 9.35. The Bertz CT molecular complexity index is 546. The third kappa shape index (κ3) is 4.37. The fraction of sp³-hybridized carbons (Fsp3) is 0.357. The topological polar surface area (TPSA) is 82.5 Å². The first-order chi connectivity index (χ1) is 9.62. The Morgan fingerprint density at radius 2 is 2.20 bits per heavy atom. The molecule has 1 rings (SSSR count). The molecule has 6 nitrogen and oxygen atoms in total. The maximum atomic E-state index is 12.3. The van der Waals surface area contributed by atoms with E-state index in [-0.39, 0.29) is 25.0 Å². The van der Waals surface area contributed by atoms with Crippen LogP contribution in [0.5, 0.6) is 0 Å². The average molecular weight is 275 g/mol. The van der Waals surface area contributed by atoms with Gasteiger partial charge in [-0.15, -0.1) is 0 Å². The third-order valence-corrected chi connectivity index (χ3v) is 2.58. The van der Waals surface area contributed by atoms with E-state index in [0.29, 0.717) is 17.7 Å². The van der Waals surface area contributed by atoms with Crippen molar-refractivity contribution in [1.82, 2.24) is 15.2 Å². The lowest BCUT2D eigenvalue weighted by Crippen LogP contribution is -2.39. The van der Waals surface area contributed by atoms with Crippen molar-refractivity contribution < 1.29 is 14.7 Å². The van der Waals surface area contributed by atoms with Crippen LogP contribution in [-0.2, 0) is 4.79 Å². The summed E-state index contributed by atoms with van der Waals surface area (Å²) in [5.41, 5.74) is 0.904. The highest BCUT2D eigenvalue weighted by Crippen LogP contribution is 2.06. The predicted octanol–water partition coefficient (Wildman–Crippen LogP) is -0.367. The van der Waals surface area contributed by atoms with E-state index in [1.165, 1.54) is 24.3 Å². The molecule has 20 heavy (non-hydrogen) atoms. The molecular formula is C14H17N3O3. The molecule has 0 aromatic carbocycles. The number of aromatic nitrogens is 1. The van der Waals surface area contributed by atoms with Crippen molar-refractivity contribution in [2.24, 2.45) is 0 Å². The molecule has 0 saturated carbocycles. The van der Waals surface area contributed by atoms with Crippen molar-refractivity contribution in [2.45, 2.75) is 6.92 Å². The molecule has 0 spiro atoms. The molecule has 0 radical (unpaired) electrons. The second kappa shape index (κ2) is 7.92. The van der Waals surface area contributed by atoms with Crippen molar-refractivity contribution in [2.75, 3.05) is 26.7 Å². The fourth-order valence-corrected chi connectivity index (χ4v) is 1.53. The average Bonchev–Trinajstić information content (AvgIpc) is 2.49. The number of hydrogen-bond acceptors (Lipinski definition) is 4. The van der Waals surface area contributed by atoms with E-state index in [1.54, 1.807) is 13.0 Å². The number of rotatable bonds is 4. The van der Waals surface area contributed by atoms with Crippen molar-refractivity contribution in [1.29, 1.82) is 0 Å². The number of aliphatic hydroxyl groups excluding tert-OH is 1. The summed E-state index contributed by atoms with van der Waals surface area (Å²) >= 11 is 0. The fourth-order valence-electron chi connectivity index (χ4n) is 1.53. The van der Waals surface area contributed by atoms with E-state index in [2.05, 4.69) is 22.1 Å². The molecule has 1 heterocycles. The van der Waals surface area contributed by atoms with E-state index in [1.807, 2.05) is 0 Å². The van der Waals surface area contributed by atoms with Crippen LogP contribution in [0.1, 0.15) is 22.8 Å². The Morgan fingerprint density at radius 3 is 2.80 bits per heavy atom. The van der Waals surface area contributed by atoms with Crippen LogP contribution in [0.4, 0.5) is 0 Å². The highest BCUT2D eigenvalue weighted by molar-refractivity contribution is 5.96. The zero-order chi connectivity index (χ0) is 15.0. The molecule has 0 fully saturated rings. The smallest absolute Gasteiger partial charge is 0.255 e. The minimum Gasteiger partial charge on any atom is -0.384 e. The highest BCUT2D eigenvalue weighted by atomic mass is 16.2. The van der Waals surface area contributed by atoms with Crippen molar-refractivity contribution >= 4 is 11.8 Å². The number of nitrogens with zero attached hydrogens (tertiary/aromatic N) is 2. The summed E-state index contributed by atoms with van der Waals surface area (Å²) < 4.78 is 0. The standard InChI is InChI=1S/C14H17N3O3/c1-3-17(10-13(19)15-2)14(20)12-7-11(5-4-6-18)8-16-9-12/h7-9,18H,3,6,10H2,1-2H3,(H,15,19). The van der Waals surface area contributed by atoms with Crippen molar-refractivity contribution in [3.05, 3.63) is 29.6 Å². The molecule has 0 aliphatic carbocycles. The lowest BCUT2D eigenvalue weighted by molar-refractivity contribution is -0.121. The second-order valence-electron chi connectivity index (χ2n) is 3.91. The summed E-state index contributed by atoms with van der Waals surface area (Å²) in [5, 5.41) is 11.1. The van der Waals surface area contributed by atoms with Crippen LogP contribution in [0, 0.1) is 11.8 Å². The third-order valence-electron chi connectivity index (χ3n) is 2.58. The van der Waals surface area contributed by atoms with Gasteiger partial charge in [-0.05, 0) is 13.0 Å². The Balaban J connectivity index is 2.92. The van der Waals surface area contributed by atoms with Gasteiger partial charge in [0.15, 0.2) is 0 Å². The first kappa shape index (κ1) is 15.7. The molecule has 6 heteroatoms. The van der Waals surface area contributed by atoms with Crippen LogP contribution >= 0.6 is 0 Å². The maximum absolute atomic E-state index is 12.3. The van der Waals surface area contributed by atoms with E-state index in [0.717, 1.165) is 0 Å². The molecule has 0 saturated heterocycles. The molecule has 1 aromatic rings. The number of aliphatic hydroxyl groups is 1. The van der Waals surface area contributed by atoms with E-state index in [4.69, 9.17) is 5.11 Å². The van der Waals surface area contributed by atoms with Gasteiger partial charge in [0.1, 0.15) is 6.61 Å². The monoisotopic (exact) mass is 275 g/mol. The van der Waals surface area contributed by atoms with Gasteiger partial charge in [-0.3, -0.25) is 14.6 Å². The number of amides is 2. The molecule has 0 bridgehead atoms. The summed E-state index contributed by atoms with van der Waals surface area (Å²) in [6.07, 6.45) is 2.94. The number of likely N-dealkylation sites (N-methyl/N-ethyl adjacent to an activating group) is 2. The lowest BCUT2D eigenvalue weighted by atomic mass is 10.2. The molecule has 0 unspecified atom stereocenters. The first-order valence-electron chi connectivity index (χ1n) is 6.17. The van der Waals surface area contributed by atoms with Gasteiger partial charge in [-0.25, -0.2) is 0 Å². The van der Waals surface area contributed by atoms with Crippen molar-refractivity contribution in [3.8, 4) is 11.8 Å². The Hall–Kier alpha value is -2.39. The molecule has 0 aliphatic heterocycles. The first-order valence-corrected chi connectivity index (χ1v) is 6.17. The van der Waals surface area contributed by atoms with Crippen LogP contribution in [0.25, 0.3) is 0 Å². The maximum Gasteiger partial charge on any atom is 0.255 e. The summed E-state index contributed by atoms with van der Waals surface area (Å²) in [6, 6.07) is 1.59. The van der Waals surface area contributed by atoms with Gasteiger partial charge in [0, 0.05) is 31.5 Å². The lowest BCUT2D eigenvalue weighted by Gasteiger charge is -2.19. The van der Waals surface area contributed by atoms with Crippen LogP contribution in [0.15, 0.2) is 18.5 Å². The van der Waals surface area contributed by atoms with Gasteiger partial charge in [0.25, 0.3) is 5.91 Å². The number of pyridine rings is 1. The Labute approximate surface area is 117 Å². The molecular weight excluding hydrogens is 258 g/mol. The second-order valence-corrected chi connectivity index (χ2v) is 3.91. The molecule has 1 aromatic heterocycles. The van der Waals surface area contributed by atoms with Gasteiger partial charge in [0.2, 0.25) is 5.91 Å². The minimum atomic E-state index is -0.281. The predicted molar refractivity (Wildman–Crippen MR) is 73.8 cm³/mol. The van der Waals surface area contributed by atoms with Gasteiger partial charge in [-0.1, -0.05) is 11.8 Å². The van der Waals surface area contributed by atoms with Gasteiger partial charge < -0.3 is 15.3 Å². The van der Waals surface area contributed by atoms with Crippen LogP contribution < -0.4 is 5.32 Å². The zero-order valence-corrected chi connectivity index (χ0v) is 11.5. The van der Waals surface area contributed by atoms with E-state index in [9.17, 15) is 9.59 Å². The van der Waals surface area contributed by atoms with Gasteiger partial charge in [0.05, 0.1) is 12.1 Å². The minimum absolute atomic E-state index is 0.00161. The summed E-state index contributed by atoms with van der Waals surface area (Å²) in [6.45, 7) is 1.96. The SMILES string of the molecule is CCN(CC(=O)NC)C(=O)c1cncc(C#CCO)c1. The van der Waals surface area contributed by atoms with E-state index < -0.39 is 0 Å². The largest absolute Gasteiger partial charge is 0.384 e. The molecule has 0 atom stereocenters. The molecule has 2 N–H and O–H groups in total. The summed E-state index contributed by atoms with van der Waals surface area (Å²) in [7, 11) is 1.52. The molecule has 106 valence electrons. The Kier molecular flexibility index (Phi) is 6.20. The Morgan fingerprint density at radius 1 is 1.45 bits per heavy atom. The summed E-state index contributed by atoms with van der Waals surface area (Å²) in [4.78, 5) is 29.0. The highest BCUT2D eigenvalue weighted by Gasteiger charge is 2.17. The van der Waals surface area contributed by atoms with Crippen LogP contribution in [0.3, 0.4) is 0 Å². The zero-order valence-electron chi connectivity index (χ0n) is 11.5. The number of nitrogens with one attached hydrogen (secondary N) is 1. The van der Waals surface area contributed by atoms with Crippen molar-refractivity contribution in [3.63, 3.8) is 0 Å². The summed E-state index contributed by atoms with van der Waals surface area (Å²) in [5.74, 6) is 4.66. The van der Waals surface area contributed by atoms with Crippen LogP contribution in [0.2, 0.25) is 0 Å². The quantitative estimate of drug-likeness (QED) is 0.735. The number of carbonyl (C=O) groups is 2. The van der Waals surface area contributed by atoms with Crippen LogP contribution in [-0.4, -0.2) is 53.5 Å².